The Balaban J connectivity index is 1.55. The Morgan fingerprint density at radius 1 is 1.40 bits per heavy atom. The van der Waals surface area contributed by atoms with Crippen LogP contribution in [0.25, 0.3) is 0 Å². The smallest absolute Gasteiger partial charge is 0.223 e. The van der Waals surface area contributed by atoms with Crippen molar-refractivity contribution in [3.63, 3.8) is 0 Å². The summed E-state index contributed by atoms with van der Waals surface area (Å²) in [5.74, 6) is -1.32. The minimum Gasteiger partial charge on any atom is -0.354 e. The Bertz CT molecular complexity index is 515. The van der Waals surface area contributed by atoms with E-state index in [1.165, 1.54) is 6.07 Å². The first-order valence-electron chi connectivity index (χ1n) is 7.11. The molecule has 5 heteroatoms. The third kappa shape index (κ3) is 2.82. The second-order valence-electron chi connectivity index (χ2n) is 5.65. The minimum atomic E-state index is -0.456. The van der Waals surface area contributed by atoms with Crippen LogP contribution in [0, 0.1) is 17.6 Å². The van der Waals surface area contributed by atoms with Gasteiger partial charge in [-0.15, -0.1) is 0 Å². The van der Waals surface area contributed by atoms with Crippen LogP contribution in [-0.2, 0) is 4.79 Å². The molecule has 3 rings (SSSR count). The third-order valence-electron chi connectivity index (χ3n) is 4.17. The van der Waals surface area contributed by atoms with Gasteiger partial charge in [-0.25, -0.2) is 8.78 Å². The molecule has 0 spiro atoms. The van der Waals surface area contributed by atoms with Crippen molar-refractivity contribution >= 4 is 5.91 Å². The Hall–Kier alpha value is -1.49. The molecule has 1 saturated carbocycles. The maximum atomic E-state index is 13.6. The highest BCUT2D eigenvalue weighted by atomic mass is 19.1. The molecule has 1 aromatic rings. The zero-order valence-electron chi connectivity index (χ0n) is 11.2. The average Bonchev–Trinajstić information content (AvgIpc) is 3.06. The number of benzene rings is 1. The third-order valence-corrected chi connectivity index (χ3v) is 4.17. The van der Waals surface area contributed by atoms with Gasteiger partial charge in [0.15, 0.2) is 0 Å². The number of carbonyl (C=O) groups is 1. The summed E-state index contributed by atoms with van der Waals surface area (Å²) < 4.78 is 26.8. The molecule has 1 aliphatic heterocycles. The summed E-state index contributed by atoms with van der Waals surface area (Å²) in [6.07, 6.45) is 2.82. The molecule has 2 fully saturated rings. The van der Waals surface area contributed by atoms with E-state index in [0.29, 0.717) is 24.6 Å². The maximum absolute atomic E-state index is 13.6. The van der Waals surface area contributed by atoms with Crippen molar-refractivity contribution in [3.8, 4) is 0 Å². The predicted molar refractivity (Wildman–Crippen MR) is 71.2 cm³/mol. The maximum Gasteiger partial charge on any atom is 0.223 e. The average molecular weight is 280 g/mol. The van der Waals surface area contributed by atoms with Crippen molar-refractivity contribution in [3.05, 3.63) is 35.4 Å². The van der Waals surface area contributed by atoms with Crippen LogP contribution in [-0.4, -0.2) is 25.0 Å². The van der Waals surface area contributed by atoms with E-state index in [1.807, 2.05) is 0 Å². The fraction of sp³-hybridized carbons (Fsp3) is 0.533. The molecule has 1 aliphatic carbocycles. The van der Waals surface area contributed by atoms with Gasteiger partial charge in [-0.05, 0) is 55.5 Å². The highest BCUT2D eigenvalue weighted by Crippen LogP contribution is 2.48. The molecule has 2 N–H and O–H groups in total. The number of nitrogens with one attached hydrogen (secondary N) is 2. The van der Waals surface area contributed by atoms with E-state index in [9.17, 15) is 13.6 Å². The first-order valence-corrected chi connectivity index (χ1v) is 7.11. The summed E-state index contributed by atoms with van der Waals surface area (Å²) in [6.45, 7) is 1.62. The summed E-state index contributed by atoms with van der Waals surface area (Å²) in [5.41, 5.74) is 0.323. The van der Waals surface area contributed by atoms with E-state index in [0.717, 1.165) is 31.5 Å². The molecule has 1 saturated heterocycles. The van der Waals surface area contributed by atoms with Crippen molar-refractivity contribution < 1.29 is 13.6 Å². The van der Waals surface area contributed by atoms with Crippen LogP contribution in [0.5, 0.6) is 0 Å². The normalized spacial score (nSPS) is 28.4. The highest BCUT2D eigenvalue weighted by molar-refractivity contribution is 5.82. The highest BCUT2D eigenvalue weighted by Gasteiger charge is 2.45. The molecule has 1 heterocycles. The second-order valence-corrected chi connectivity index (χ2v) is 5.65. The lowest BCUT2D eigenvalue weighted by molar-refractivity contribution is -0.122. The number of rotatable bonds is 4. The van der Waals surface area contributed by atoms with E-state index in [1.54, 1.807) is 0 Å². The molecule has 0 aromatic heterocycles. The number of carbonyl (C=O) groups excluding carboxylic acids is 1. The molecule has 0 radical (unpaired) electrons. The topological polar surface area (TPSA) is 41.1 Å². The second kappa shape index (κ2) is 5.48. The molecular formula is C15H18F2N2O. The van der Waals surface area contributed by atoms with Gasteiger partial charge in [-0.3, -0.25) is 4.79 Å². The molecule has 108 valence electrons. The SMILES string of the molecule is O=C(NCC1CCCN1)C1CC1c1cc(F)ccc1F. The number of hydrogen-bond donors (Lipinski definition) is 2. The monoisotopic (exact) mass is 280 g/mol. The zero-order valence-corrected chi connectivity index (χ0v) is 11.2. The van der Waals surface area contributed by atoms with Gasteiger partial charge in [0.25, 0.3) is 0 Å². The molecule has 3 nitrogen and oxygen atoms in total. The summed E-state index contributed by atoms with van der Waals surface area (Å²) in [7, 11) is 0. The van der Waals surface area contributed by atoms with Crippen molar-refractivity contribution in [1.82, 2.24) is 10.6 Å². The summed E-state index contributed by atoms with van der Waals surface area (Å²) in [6, 6.07) is 3.77. The van der Waals surface area contributed by atoms with Crippen molar-refractivity contribution in [2.45, 2.75) is 31.2 Å². The van der Waals surface area contributed by atoms with Crippen LogP contribution in [0.15, 0.2) is 18.2 Å². The van der Waals surface area contributed by atoms with Crippen LogP contribution < -0.4 is 10.6 Å². The molecule has 1 amide bonds. The van der Waals surface area contributed by atoms with Gasteiger partial charge in [0.05, 0.1) is 0 Å². The summed E-state index contributed by atoms with van der Waals surface area (Å²) >= 11 is 0. The predicted octanol–water partition coefficient (Wildman–Crippen LogP) is 1.94. The quantitative estimate of drug-likeness (QED) is 0.885. The first-order chi connectivity index (χ1) is 9.65. The zero-order chi connectivity index (χ0) is 14.1. The van der Waals surface area contributed by atoms with Gasteiger partial charge in [-0.2, -0.15) is 0 Å². The van der Waals surface area contributed by atoms with E-state index in [-0.39, 0.29) is 17.7 Å². The van der Waals surface area contributed by atoms with Crippen LogP contribution in [0.4, 0.5) is 8.78 Å². The number of hydrogen-bond acceptors (Lipinski definition) is 2. The fourth-order valence-corrected chi connectivity index (χ4v) is 2.91. The Morgan fingerprint density at radius 3 is 3.00 bits per heavy atom. The first kappa shape index (κ1) is 13.5. The van der Waals surface area contributed by atoms with Crippen LogP contribution in [0.1, 0.15) is 30.7 Å². The standard InChI is InChI=1S/C15H18F2N2O/c16-9-3-4-14(17)12(6-9)11-7-13(11)15(20)19-8-10-2-1-5-18-10/h3-4,6,10-11,13,18H,1-2,5,7-8H2,(H,19,20). The van der Waals surface area contributed by atoms with E-state index < -0.39 is 11.6 Å². The fourth-order valence-electron chi connectivity index (χ4n) is 2.91. The minimum absolute atomic E-state index is 0.0487. The lowest BCUT2D eigenvalue weighted by Gasteiger charge is -2.11. The molecule has 2 aliphatic rings. The lowest BCUT2D eigenvalue weighted by atomic mass is 10.1. The lowest BCUT2D eigenvalue weighted by Crippen LogP contribution is -2.38. The molecule has 1 aromatic carbocycles. The molecule has 3 atom stereocenters. The van der Waals surface area contributed by atoms with Crippen molar-refractivity contribution in [1.29, 1.82) is 0 Å². The van der Waals surface area contributed by atoms with Gasteiger partial charge in [0, 0.05) is 18.5 Å². The van der Waals surface area contributed by atoms with E-state index >= 15 is 0 Å². The molecule has 0 bridgehead atoms. The van der Waals surface area contributed by atoms with Crippen LogP contribution in [0.3, 0.4) is 0 Å². The van der Waals surface area contributed by atoms with Gasteiger partial charge in [-0.1, -0.05) is 0 Å². The Kier molecular flexibility index (Phi) is 3.70. The Morgan fingerprint density at radius 2 is 2.25 bits per heavy atom. The van der Waals surface area contributed by atoms with Crippen LogP contribution in [0.2, 0.25) is 0 Å². The number of amides is 1. The number of halogens is 2. The van der Waals surface area contributed by atoms with E-state index in [2.05, 4.69) is 10.6 Å². The van der Waals surface area contributed by atoms with Gasteiger partial charge >= 0.3 is 0 Å². The summed E-state index contributed by atoms with van der Waals surface area (Å²) in [5, 5.41) is 6.21. The molecule has 3 unspecified atom stereocenters. The van der Waals surface area contributed by atoms with Gasteiger partial charge in [0.2, 0.25) is 5.91 Å². The van der Waals surface area contributed by atoms with Gasteiger partial charge in [0.1, 0.15) is 11.6 Å². The van der Waals surface area contributed by atoms with Crippen molar-refractivity contribution in [2.75, 3.05) is 13.1 Å². The molecular weight excluding hydrogens is 262 g/mol. The summed E-state index contributed by atoms with van der Waals surface area (Å²) in [4.78, 5) is 12.0. The van der Waals surface area contributed by atoms with Crippen molar-refractivity contribution in [2.24, 2.45) is 5.92 Å². The van der Waals surface area contributed by atoms with Crippen LogP contribution >= 0.6 is 0 Å². The molecule has 20 heavy (non-hydrogen) atoms. The largest absolute Gasteiger partial charge is 0.354 e. The van der Waals surface area contributed by atoms with E-state index in [4.69, 9.17) is 0 Å². The Labute approximate surface area is 116 Å². The van der Waals surface area contributed by atoms with Gasteiger partial charge < -0.3 is 10.6 Å².